The van der Waals surface area contributed by atoms with Crippen LogP contribution in [0.15, 0.2) is 33.4 Å². The number of furan rings is 1. The van der Waals surface area contributed by atoms with Gasteiger partial charge in [0.2, 0.25) is 0 Å². The van der Waals surface area contributed by atoms with Crippen LogP contribution in [0.4, 0.5) is 0 Å². The zero-order valence-electron chi connectivity index (χ0n) is 9.02. The van der Waals surface area contributed by atoms with E-state index in [1.54, 1.807) is 6.26 Å². The number of fused-ring (bicyclic) bond motifs is 1. The fourth-order valence-electron chi connectivity index (χ4n) is 1.78. The highest BCUT2D eigenvalue weighted by atomic mass is 79.9. The number of nitrogens with two attached hydrogens (primary N) is 1. The maximum absolute atomic E-state index is 10.5. The molecule has 17 heavy (non-hydrogen) atoms. The van der Waals surface area contributed by atoms with Crippen molar-refractivity contribution in [3.63, 3.8) is 0 Å². The van der Waals surface area contributed by atoms with Gasteiger partial charge in [-0.3, -0.25) is 4.79 Å². The van der Waals surface area contributed by atoms with Crippen molar-refractivity contribution in [2.45, 2.75) is 18.9 Å². The first-order valence-corrected chi connectivity index (χ1v) is 6.02. The number of para-hydroxylation sites is 1. The second-order valence-corrected chi connectivity index (χ2v) is 4.70. The highest BCUT2D eigenvalue weighted by molar-refractivity contribution is 9.10. The van der Waals surface area contributed by atoms with E-state index in [9.17, 15) is 4.79 Å². The minimum absolute atomic E-state index is 0.0550. The Hall–Kier alpha value is -1.33. The number of carboxylic acids is 1. The second kappa shape index (κ2) is 4.89. The summed E-state index contributed by atoms with van der Waals surface area (Å²) in [5.41, 5.74) is 7.54. The highest BCUT2D eigenvalue weighted by Crippen LogP contribution is 2.31. The van der Waals surface area contributed by atoms with Crippen LogP contribution >= 0.6 is 15.9 Å². The molecule has 0 radical (unpaired) electrons. The van der Waals surface area contributed by atoms with E-state index in [-0.39, 0.29) is 12.5 Å². The molecule has 0 aliphatic rings. The van der Waals surface area contributed by atoms with Crippen molar-refractivity contribution in [3.05, 3.63) is 34.5 Å². The van der Waals surface area contributed by atoms with E-state index in [1.165, 1.54) is 0 Å². The Labute approximate surface area is 107 Å². The molecule has 2 rings (SSSR count). The van der Waals surface area contributed by atoms with Crippen molar-refractivity contribution >= 4 is 32.9 Å². The Morgan fingerprint density at radius 2 is 2.29 bits per heavy atom. The van der Waals surface area contributed by atoms with Gasteiger partial charge < -0.3 is 15.3 Å². The SMILES string of the molecule is NC(CCC(=O)O)c1cccc2c(Br)coc12. The van der Waals surface area contributed by atoms with E-state index in [2.05, 4.69) is 15.9 Å². The Morgan fingerprint density at radius 1 is 1.53 bits per heavy atom. The summed E-state index contributed by atoms with van der Waals surface area (Å²) >= 11 is 3.38. The lowest BCUT2D eigenvalue weighted by Crippen LogP contribution is -2.12. The lowest BCUT2D eigenvalue weighted by Gasteiger charge is -2.10. The van der Waals surface area contributed by atoms with Gasteiger partial charge in [-0.25, -0.2) is 0 Å². The Balaban J connectivity index is 2.31. The van der Waals surface area contributed by atoms with Gasteiger partial charge in [-0.1, -0.05) is 12.1 Å². The number of carboxylic acid groups (broad SMARTS) is 1. The molecule has 2 aromatic rings. The lowest BCUT2D eigenvalue weighted by molar-refractivity contribution is -0.137. The van der Waals surface area contributed by atoms with Gasteiger partial charge in [-0.15, -0.1) is 0 Å². The molecule has 0 amide bonds. The number of rotatable bonds is 4. The Morgan fingerprint density at radius 3 is 3.00 bits per heavy atom. The van der Waals surface area contributed by atoms with Crippen molar-refractivity contribution in [2.24, 2.45) is 5.73 Å². The van der Waals surface area contributed by atoms with Crippen LogP contribution in [0.3, 0.4) is 0 Å². The average molecular weight is 298 g/mol. The summed E-state index contributed by atoms with van der Waals surface area (Å²) in [5.74, 6) is -0.840. The van der Waals surface area contributed by atoms with Crippen LogP contribution < -0.4 is 5.73 Å². The molecule has 0 bridgehead atoms. The van der Waals surface area contributed by atoms with E-state index in [0.29, 0.717) is 6.42 Å². The van der Waals surface area contributed by atoms with Gasteiger partial charge in [0.15, 0.2) is 0 Å². The standard InChI is InChI=1S/C12H12BrNO3/c13-9-6-17-12-7(9)2-1-3-8(12)10(14)4-5-11(15)16/h1-3,6,10H,4-5,14H2,(H,15,16). The third kappa shape index (κ3) is 2.50. The van der Waals surface area contributed by atoms with Crippen LogP contribution in [0.25, 0.3) is 11.0 Å². The van der Waals surface area contributed by atoms with Crippen LogP contribution in [-0.4, -0.2) is 11.1 Å². The van der Waals surface area contributed by atoms with Gasteiger partial charge >= 0.3 is 5.97 Å². The summed E-state index contributed by atoms with van der Waals surface area (Å²) < 4.78 is 6.31. The minimum Gasteiger partial charge on any atom is -0.481 e. The van der Waals surface area contributed by atoms with Gasteiger partial charge in [0.05, 0.1) is 4.47 Å². The summed E-state index contributed by atoms with van der Waals surface area (Å²) in [6.45, 7) is 0. The van der Waals surface area contributed by atoms with Crippen molar-refractivity contribution in [3.8, 4) is 0 Å². The number of carbonyl (C=O) groups is 1. The van der Waals surface area contributed by atoms with Crippen molar-refractivity contribution < 1.29 is 14.3 Å². The van der Waals surface area contributed by atoms with E-state index < -0.39 is 5.97 Å². The Bertz CT molecular complexity index is 550. The second-order valence-electron chi connectivity index (χ2n) is 3.85. The number of benzene rings is 1. The highest BCUT2D eigenvalue weighted by Gasteiger charge is 2.15. The molecule has 1 aromatic carbocycles. The fourth-order valence-corrected chi connectivity index (χ4v) is 2.18. The zero-order chi connectivity index (χ0) is 12.4. The van der Waals surface area contributed by atoms with Gasteiger partial charge in [0, 0.05) is 23.4 Å². The molecule has 0 spiro atoms. The van der Waals surface area contributed by atoms with E-state index >= 15 is 0 Å². The van der Waals surface area contributed by atoms with E-state index in [1.807, 2.05) is 18.2 Å². The van der Waals surface area contributed by atoms with Crippen LogP contribution in [0.2, 0.25) is 0 Å². The molecule has 1 heterocycles. The summed E-state index contributed by atoms with van der Waals surface area (Å²) in [7, 11) is 0. The van der Waals surface area contributed by atoms with Gasteiger partial charge in [0.25, 0.3) is 0 Å². The number of hydrogen-bond donors (Lipinski definition) is 2. The quantitative estimate of drug-likeness (QED) is 0.909. The molecule has 3 N–H and O–H groups in total. The minimum atomic E-state index is -0.840. The largest absolute Gasteiger partial charge is 0.481 e. The summed E-state index contributed by atoms with van der Waals surface area (Å²) in [4.78, 5) is 10.5. The van der Waals surface area contributed by atoms with Crippen LogP contribution in [0, 0.1) is 0 Å². The molecular formula is C12H12BrNO3. The van der Waals surface area contributed by atoms with Gasteiger partial charge in [-0.2, -0.15) is 0 Å². The lowest BCUT2D eigenvalue weighted by atomic mass is 10.0. The summed E-state index contributed by atoms with van der Waals surface area (Å²) in [6.07, 6.45) is 2.06. The molecule has 5 heteroatoms. The third-order valence-corrected chi connectivity index (χ3v) is 3.27. The van der Waals surface area contributed by atoms with Crippen LogP contribution in [0.1, 0.15) is 24.4 Å². The maximum atomic E-state index is 10.5. The van der Waals surface area contributed by atoms with Gasteiger partial charge in [-0.05, 0) is 28.4 Å². The maximum Gasteiger partial charge on any atom is 0.303 e. The van der Waals surface area contributed by atoms with E-state index in [0.717, 1.165) is 21.0 Å². The molecule has 1 atom stereocenters. The molecular weight excluding hydrogens is 286 g/mol. The topological polar surface area (TPSA) is 76.5 Å². The van der Waals surface area contributed by atoms with Crippen molar-refractivity contribution in [1.29, 1.82) is 0 Å². The smallest absolute Gasteiger partial charge is 0.303 e. The summed E-state index contributed by atoms with van der Waals surface area (Å²) in [6, 6.07) is 5.35. The third-order valence-electron chi connectivity index (χ3n) is 2.65. The molecule has 0 saturated heterocycles. The molecule has 4 nitrogen and oxygen atoms in total. The molecule has 90 valence electrons. The molecule has 1 aromatic heterocycles. The number of aliphatic carboxylic acids is 1. The molecule has 0 aliphatic carbocycles. The molecule has 0 saturated carbocycles. The normalized spacial score (nSPS) is 12.8. The van der Waals surface area contributed by atoms with Crippen molar-refractivity contribution in [1.82, 2.24) is 0 Å². The summed E-state index contributed by atoms with van der Waals surface area (Å²) in [5, 5.41) is 9.59. The number of hydrogen-bond acceptors (Lipinski definition) is 3. The van der Waals surface area contributed by atoms with Crippen LogP contribution in [-0.2, 0) is 4.79 Å². The van der Waals surface area contributed by atoms with Crippen LogP contribution in [0.5, 0.6) is 0 Å². The predicted octanol–water partition coefficient (Wildman–Crippen LogP) is 3.06. The first-order valence-electron chi connectivity index (χ1n) is 5.22. The van der Waals surface area contributed by atoms with E-state index in [4.69, 9.17) is 15.3 Å². The fraction of sp³-hybridized carbons (Fsp3) is 0.250. The first kappa shape index (κ1) is 12.1. The molecule has 0 fully saturated rings. The molecule has 0 aliphatic heterocycles. The van der Waals surface area contributed by atoms with Gasteiger partial charge in [0.1, 0.15) is 11.8 Å². The monoisotopic (exact) mass is 297 g/mol. The number of halogens is 1. The average Bonchev–Trinajstić information content (AvgIpc) is 2.68. The van der Waals surface area contributed by atoms with Crippen molar-refractivity contribution in [2.75, 3.05) is 0 Å². The predicted molar refractivity (Wildman–Crippen MR) is 67.7 cm³/mol. The molecule has 1 unspecified atom stereocenters. The first-order chi connectivity index (χ1) is 8.09. The zero-order valence-corrected chi connectivity index (χ0v) is 10.6. The Kier molecular flexibility index (Phi) is 3.49.